The van der Waals surface area contributed by atoms with E-state index in [-0.39, 0.29) is 5.91 Å². The summed E-state index contributed by atoms with van der Waals surface area (Å²) in [6.07, 6.45) is 8.87. The Labute approximate surface area is 164 Å². The molecule has 4 heterocycles. The summed E-state index contributed by atoms with van der Waals surface area (Å²) in [6, 6.07) is 7.75. The fraction of sp³-hybridized carbons (Fsp3) is 0.333. The van der Waals surface area contributed by atoms with Gasteiger partial charge in [0.15, 0.2) is 0 Å². The van der Waals surface area contributed by atoms with Gasteiger partial charge in [0.1, 0.15) is 5.82 Å². The van der Waals surface area contributed by atoms with Crippen molar-refractivity contribution < 1.29 is 9.53 Å². The third-order valence-electron chi connectivity index (χ3n) is 5.21. The van der Waals surface area contributed by atoms with Crippen molar-refractivity contribution in [1.29, 1.82) is 0 Å². The number of carbonyl (C=O) groups is 1. The number of carbonyl (C=O) groups excluding carboxylic acids is 1. The molecule has 3 aromatic rings. The van der Waals surface area contributed by atoms with Gasteiger partial charge in [0, 0.05) is 61.2 Å². The van der Waals surface area contributed by atoms with Gasteiger partial charge in [0.05, 0.1) is 12.7 Å². The summed E-state index contributed by atoms with van der Waals surface area (Å²) >= 11 is 0. The number of aromatic nitrogens is 4. The second-order valence-corrected chi connectivity index (χ2v) is 6.95. The second kappa shape index (κ2) is 7.80. The van der Waals surface area contributed by atoms with Crippen LogP contribution in [0.5, 0.6) is 5.88 Å². The third-order valence-corrected chi connectivity index (χ3v) is 5.21. The number of methoxy groups -OCH3 is 1. The molecule has 3 aromatic heterocycles. The van der Waals surface area contributed by atoms with Crippen molar-refractivity contribution in [2.75, 3.05) is 20.2 Å². The highest BCUT2D eigenvalue weighted by molar-refractivity contribution is 5.94. The van der Waals surface area contributed by atoms with Crippen molar-refractivity contribution in [3.8, 4) is 17.3 Å². The minimum atomic E-state index is 0.0171. The number of piperidine rings is 1. The average molecular weight is 377 g/mol. The number of nitrogens with zero attached hydrogens (tertiary/aromatic N) is 5. The first-order valence-electron chi connectivity index (χ1n) is 9.41. The summed E-state index contributed by atoms with van der Waals surface area (Å²) in [5.41, 5.74) is 2.73. The van der Waals surface area contributed by atoms with Gasteiger partial charge in [-0.25, -0.2) is 9.97 Å². The van der Waals surface area contributed by atoms with Crippen LogP contribution >= 0.6 is 0 Å². The molecule has 0 spiro atoms. The molecule has 1 amide bonds. The Bertz CT molecular complexity index is 945. The average Bonchev–Trinajstić information content (AvgIpc) is 3.15. The minimum absolute atomic E-state index is 0.0171. The zero-order valence-corrected chi connectivity index (χ0v) is 16.1. The highest BCUT2D eigenvalue weighted by Crippen LogP contribution is 2.30. The van der Waals surface area contributed by atoms with E-state index in [0.717, 1.165) is 29.9 Å². The second-order valence-electron chi connectivity index (χ2n) is 6.95. The van der Waals surface area contributed by atoms with Gasteiger partial charge in [0.2, 0.25) is 5.88 Å². The van der Waals surface area contributed by atoms with Gasteiger partial charge in [0.25, 0.3) is 5.91 Å². The van der Waals surface area contributed by atoms with Gasteiger partial charge < -0.3 is 14.2 Å². The van der Waals surface area contributed by atoms with E-state index in [1.165, 1.54) is 0 Å². The van der Waals surface area contributed by atoms with E-state index in [9.17, 15) is 4.79 Å². The van der Waals surface area contributed by atoms with Gasteiger partial charge in [-0.05, 0) is 38.0 Å². The Morgan fingerprint density at radius 3 is 2.57 bits per heavy atom. The van der Waals surface area contributed by atoms with Crippen LogP contribution in [0.4, 0.5) is 0 Å². The fourth-order valence-electron chi connectivity index (χ4n) is 3.75. The van der Waals surface area contributed by atoms with Crippen LogP contribution in [0.2, 0.25) is 0 Å². The van der Waals surface area contributed by atoms with Crippen molar-refractivity contribution >= 4 is 5.91 Å². The zero-order chi connectivity index (χ0) is 19.5. The van der Waals surface area contributed by atoms with Crippen LogP contribution < -0.4 is 4.74 Å². The van der Waals surface area contributed by atoms with Crippen molar-refractivity contribution in [2.45, 2.75) is 25.8 Å². The maximum absolute atomic E-state index is 12.8. The van der Waals surface area contributed by atoms with Crippen LogP contribution in [0.15, 0.2) is 49.1 Å². The molecule has 0 aliphatic carbocycles. The van der Waals surface area contributed by atoms with Crippen LogP contribution in [0.1, 0.15) is 34.9 Å². The molecule has 7 heteroatoms. The fourth-order valence-corrected chi connectivity index (χ4v) is 3.75. The Morgan fingerprint density at radius 2 is 1.93 bits per heavy atom. The van der Waals surface area contributed by atoms with E-state index in [0.29, 0.717) is 30.6 Å². The van der Waals surface area contributed by atoms with Crippen LogP contribution in [-0.2, 0) is 0 Å². The van der Waals surface area contributed by atoms with Crippen molar-refractivity contribution in [3.05, 3.63) is 60.3 Å². The van der Waals surface area contributed by atoms with Crippen LogP contribution in [-0.4, -0.2) is 50.5 Å². The van der Waals surface area contributed by atoms with Crippen LogP contribution in [0.25, 0.3) is 11.4 Å². The van der Waals surface area contributed by atoms with Gasteiger partial charge in [-0.1, -0.05) is 0 Å². The predicted molar refractivity (Wildman–Crippen MR) is 105 cm³/mol. The van der Waals surface area contributed by atoms with Gasteiger partial charge in [-0.3, -0.25) is 9.78 Å². The Morgan fingerprint density at radius 1 is 1.11 bits per heavy atom. The van der Waals surface area contributed by atoms with E-state index in [1.807, 2.05) is 29.4 Å². The monoisotopic (exact) mass is 377 g/mol. The number of imidazole rings is 1. The van der Waals surface area contributed by atoms with Gasteiger partial charge in [-0.2, -0.15) is 0 Å². The minimum Gasteiger partial charge on any atom is -0.481 e. The normalized spacial score (nSPS) is 14.9. The lowest BCUT2D eigenvalue weighted by Crippen LogP contribution is -2.39. The smallest absolute Gasteiger partial charge is 0.255 e. The molecule has 1 saturated heterocycles. The van der Waals surface area contributed by atoms with Gasteiger partial charge in [-0.15, -0.1) is 0 Å². The molecule has 144 valence electrons. The number of aryl methyl sites for hydroxylation is 1. The Kier molecular flexibility index (Phi) is 5.06. The standard InChI is InChI=1S/C21H23N5O2/c1-15-12-24-20(16-4-3-9-22-13-16)26(15)18-7-10-25(11-8-18)21(27)17-5-6-19(28-2)23-14-17/h3-6,9,12-14,18H,7-8,10-11H2,1-2H3. The summed E-state index contributed by atoms with van der Waals surface area (Å²) < 4.78 is 7.35. The molecule has 0 unspecified atom stereocenters. The lowest BCUT2D eigenvalue weighted by atomic mass is 10.0. The van der Waals surface area contributed by atoms with E-state index < -0.39 is 0 Å². The molecule has 1 aliphatic rings. The van der Waals surface area contributed by atoms with E-state index in [4.69, 9.17) is 4.74 Å². The summed E-state index contributed by atoms with van der Waals surface area (Å²) in [5, 5.41) is 0. The first-order chi connectivity index (χ1) is 13.7. The summed E-state index contributed by atoms with van der Waals surface area (Å²) in [7, 11) is 1.56. The lowest BCUT2D eigenvalue weighted by molar-refractivity contribution is 0.0694. The van der Waals surface area contributed by atoms with Crippen LogP contribution in [0, 0.1) is 6.92 Å². The Hall–Kier alpha value is -3.22. The maximum Gasteiger partial charge on any atom is 0.255 e. The summed E-state index contributed by atoms with van der Waals surface area (Å²) in [5.74, 6) is 1.46. The number of likely N-dealkylation sites (tertiary alicyclic amines) is 1. The largest absolute Gasteiger partial charge is 0.481 e. The molecule has 4 rings (SSSR count). The van der Waals surface area contributed by atoms with E-state index in [2.05, 4.69) is 26.4 Å². The summed E-state index contributed by atoms with van der Waals surface area (Å²) in [6.45, 7) is 3.49. The molecule has 0 atom stereocenters. The third kappa shape index (κ3) is 3.47. The summed E-state index contributed by atoms with van der Waals surface area (Å²) in [4.78, 5) is 27.6. The highest BCUT2D eigenvalue weighted by atomic mass is 16.5. The van der Waals surface area contributed by atoms with Gasteiger partial charge >= 0.3 is 0 Å². The zero-order valence-electron chi connectivity index (χ0n) is 16.1. The highest BCUT2D eigenvalue weighted by Gasteiger charge is 2.27. The molecule has 1 aliphatic heterocycles. The quantitative estimate of drug-likeness (QED) is 0.698. The SMILES string of the molecule is COc1ccc(C(=O)N2CCC(n3c(C)cnc3-c3cccnc3)CC2)cn1. The molecule has 0 aromatic carbocycles. The molecular formula is C21H23N5O2. The Balaban J connectivity index is 1.47. The molecule has 0 bridgehead atoms. The number of pyridine rings is 2. The van der Waals surface area contributed by atoms with E-state index in [1.54, 1.807) is 31.6 Å². The molecule has 0 N–H and O–H groups in total. The number of rotatable bonds is 4. The van der Waals surface area contributed by atoms with E-state index >= 15 is 0 Å². The lowest BCUT2D eigenvalue weighted by Gasteiger charge is -2.34. The topological polar surface area (TPSA) is 73.1 Å². The number of amides is 1. The number of hydrogen-bond donors (Lipinski definition) is 0. The predicted octanol–water partition coefficient (Wildman–Crippen LogP) is 3.13. The van der Waals surface area contributed by atoms with Crippen molar-refractivity contribution in [1.82, 2.24) is 24.4 Å². The first-order valence-corrected chi connectivity index (χ1v) is 9.41. The maximum atomic E-state index is 12.8. The van der Waals surface area contributed by atoms with Crippen molar-refractivity contribution in [2.24, 2.45) is 0 Å². The van der Waals surface area contributed by atoms with Crippen LogP contribution in [0.3, 0.4) is 0 Å². The number of hydrogen-bond acceptors (Lipinski definition) is 5. The molecule has 28 heavy (non-hydrogen) atoms. The molecule has 0 saturated carbocycles. The molecule has 1 fully saturated rings. The molecular weight excluding hydrogens is 354 g/mol. The van der Waals surface area contributed by atoms with Crippen molar-refractivity contribution in [3.63, 3.8) is 0 Å². The molecule has 0 radical (unpaired) electrons. The number of ether oxygens (including phenoxy) is 1. The molecule has 7 nitrogen and oxygen atoms in total. The first kappa shape index (κ1) is 18.2.